The SMILES string of the molecule is O=C(O)/C(=C/c1cc(F)cc(F)c1)CBr. The summed E-state index contributed by atoms with van der Waals surface area (Å²) in [5, 5.41) is 8.80. The van der Waals surface area contributed by atoms with Gasteiger partial charge in [0.15, 0.2) is 0 Å². The van der Waals surface area contributed by atoms with Crippen molar-refractivity contribution in [2.75, 3.05) is 5.33 Å². The molecule has 1 aromatic carbocycles. The summed E-state index contributed by atoms with van der Waals surface area (Å²) in [6.07, 6.45) is 1.21. The number of alkyl halides is 1. The number of carbonyl (C=O) groups is 1. The standard InChI is InChI=1S/C10H7BrF2O2/c11-5-7(10(14)15)1-6-2-8(12)4-9(13)3-6/h1-4H,5H2,(H,14,15)/b7-1+. The molecular weight excluding hydrogens is 270 g/mol. The van der Waals surface area contributed by atoms with Crippen LogP contribution < -0.4 is 0 Å². The molecule has 2 nitrogen and oxygen atoms in total. The number of hydrogen-bond donors (Lipinski definition) is 1. The van der Waals surface area contributed by atoms with E-state index >= 15 is 0 Å². The van der Waals surface area contributed by atoms with E-state index in [1.54, 1.807) is 0 Å². The summed E-state index contributed by atoms with van der Waals surface area (Å²) in [5.74, 6) is -2.60. The van der Waals surface area contributed by atoms with Gasteiger partial charge in [-0.05, 0) is 23.8 Å². The molecule has 0 unspecified atom stereocenters. The molecule has 1 rings (SSSR count). The van der Waals surface area contributed by atoms with Crippen molar-refractivity contribution in [2.24, 2.45) is 0 Å². The fourth-order valence-electron chi connectivity index (χ4n) is 1.02. The summed E-state index contributed by atoms with van der Waals surface area (Å²) in [5.41, 5.74) is 0.212. The van der Waals surface area contributed by atoms with E-state index in [1.807, 2.05) is 0 Å². The molecule has 1 aromatic rings. The molecule has 1 N–H and O–H groups in total. The van der Waals surface area contributed by atoms with Crippen LogP contribution >= 0.6 is 15.9 Å². The van der Waals surface area contributed by atoms with Gasteiger partial charge in [-0.15, -0.1) is 0 Å². The van der Waals surface area contributed by atoms with Crippen LogP contribution in [-0.4, -0.2) is 16.4 Å². The van der Waals surface area contributed by atoms with Crippen molar-refractivity contribution in [3.8, 4) is 0 Å². The summed E-state index contributed by atoms with van der Waals surface area (Å²) in [6, 6.07) is 2.86. The second-order valence-corrected chi connectivity index (χ2v) is 3.37. The Hall–Kier alpha value is -1.23. The van der Waals surface area contributed by atoms with Crippen LogP contribution in [0.5, 0.6) is 0 Å². The Morgan fingerprint density at radius 2 is 1.87 bits per heavy atom. The third kappa shape index (κ3) is 3.43. The Kier molecular flexibility index (Phi) is 3.96. The van der Waals surface area contributed by atoms with Gasteiger partial charge in [0, 0.05) is 17.0 Å². The molecule has 0 aromatic heterocycles. The molecule has 0 aliphatic rings. The topological polar surface area (TPSA) is 37.3 Å². The molecule has 0 aliphatic heterocycles. The number of hydrogen-bond acceptors (Lipinski definition) is 1. The van der Waals surface area contributed by atoms with E-state index in [0.717, 1.165) is 18.2 Å². The van der Waals surface area contributed by atoms with E-state index < -0.39 is 17.6 Å². The number of carboxylic acids is 1. The third-order valence-corrected chi connectivity index (χ3v) is 2.25. The van der Waals surface area contributed by atoms with E-state index in [0.29, 0.717) is 0 Å². The molecular formula is C10H7BrF2O2. The van der Waals surface area contributed by atoms with Gasteiger partial charge in [0.2, 0.25) is 0 Å². The second kappa shape index (κ2) is 5.02. The molecule has 80 valence electrons. The van der Waals surface area contributed by atoms with Gasteiger partial charge >= 0.3 is 5.97 Å². The van der Waals surface area contributed by atoms with Gasteiger partial charge < -0.3 is 5.11 Å². The smallest absolute Gasteiger partial charge is 0.332 e. The van der Waals surface area contributed by atoms with Crippen molar-refractivity contribution < 1.29 is 18.7 Å². The maximum Gasteiger partial charge on any atom is 0.332 e. The fraction of sp³-hybridized carbons (Fsp3) is 0.100. The Bertz CT molecular complexity index is 396. The van der Waals surface area contributed by atoms with Crippen molar-refractivity contribution in [1.82, 2.24) is 0 Å². The lowest BCUT2D eigenvalue weighted by molar-refractivity contribution is -0.132. The monoisotopic (exact) mass is 276 g/mol. The maximum atomic E-state index is 12.8. The number of carboxylic acid groups (broad SMARTS) is 1. The fourth-order valence-corrected chi connectivity index (χ4v) is 1.42. The summed E-state index contributed by atoms with van der Waals surface area (Å²) in [7, 11) is 0. The van der Waals surface area contributed by atoms with Crippen LogP contribution in [0.3, 0.4) is 0 Å². The Balaban J connectivity index is 3.11. The van der Waals surface area contributed by atoms with Crippen LogP contribution in [0, 0.1) is 11.6 Å². The summed E-state index contributed by atoms with van der Waals surface area (Å²) in [4.78, 5) is 10.6. The van der Waals surface area contributed by atoms with Crippen LogP contribution in [-0.2, 0) is 4.79 Å². The van der Waals surface area contributed by atoms with Crippen molar-refractivity contribution in [1.29, 1.82) is 0 Å². The van der Waals surface area contributed by atoms with Gasteiger partial charge in [-0.2, -0.15) is 0 Å². The van der Waals surface area contributed by atoms with Crippen molar-refractivity contribution in [3.63, 3.8) is 0 Å². The van der Waals surface area contributed by atoms with E-state index in [4.69, 9.17) is 5.11 Å². The van der Waals surface area contributed by atoms with Gasteiger partial charge in [-0.25, -0.2) is 13.6 Å². The molecule has 5 heteroatoms. The average Bonchev–Trinajstić information content (AvgIpc) is 2.12. The maximum absolute atomic E-state index is 12.8. The molecule has 0 amide bonds. The molecule has 0 spiro atoms. The molecule has 0 saturated carbocycles. The molecule has 15 heavy (non-hydrogen) atoms. The van der Waals surface area contributed by atoms with Crippen LogP contribution in [0.25, 0.3) is 6.08 Å². The minimum absolute atomic E-state index is 0.0278. The van der Waals surface area contributed by atoms with Gasteiger partial charge in [-0.1, -0.05) is 15.9 Å². The molecule has 0 bridgehead atoms. The van der Waals surface area contributed by atoms with E-state index in [9.17, 15) is 13.6 Å². The lowest BCUT2D eigenvalue weighted by Crippen LogP contribution is -2.01. The zero-order chi connectivity index (χ0) is 11.4. The van der Waals surface area contributed by atoms with Crippen LogP contribution in [0.2, 0.25) is 0 Å². The first-order valence-corrected chi connectivity index (χ1v) is 5.11. The van der Waals surface area contributed by atoms with Crippen LogP contribution in [0.1, 0.15) is 5.56 Å². The molecule has 0 atom stereocenters. The second-order valence-electron chi connectivity index (χ2n) is 2.81. The first-order valence-electron chi connectivity index (χ1n) is 3.99. The highest BCUT2D eigenvalue weighted by Crippen LogP contribution is 2.13. The molecule has 0 heterocycles. The Labute approximate surface area is 93.4 Å². The summed E-state index contributed by atoms with van der Waals surface area (Å²) < 4.78 is 25.5. The Morgan fingerprint density at radius 3 is 2.27 bits per heavy atom. The molecule has 0 saturated heterocycles. The predicted octanol–water partition coefficient (Wildman–Crippen LogP) is 2.83. The first kappa shape index (κ1) is 11.8. The van der Waals surface area contributed by atoms with Gasteiger partial charge in [0.05, 0.1) is 0 Å². The predicted molar refractivity (Wildman–Crippen MR) is 55.8 cm³/mol. The van der Waals surface area contributed by atoms with E-state index in [2.05, 4.69) is 15.9 Å². The zero-order valence-electron chi connectivity index (χ0n) is 7.51. The number of aliphatic carboxylic acids is 1. The average molecular weight is 277 g/mol. The largest absolute Gasteiger partial charge is 0.478 e. The highest BCUT2D eigenvalue weighted by atomic mass is 79.9. The molecule has 0 aliphatic carbocycles. The van der Waals surface area contributed by atoms with Gasteiger partial charge in [-0.3, -0.25) is 0 Å². The quantitative estimate of drug-likeness (QED) is 0.681. The summed E-state index contributed by atoms with van der Waals surface area (Å²) in [6.45, 7) is 0. The highest BCUT2D eigenvalue weighted by Gasteiger charge is 2.06. The summed E-state index contributed by atoms with van der Waals surface area (Å²) >= 11 is 2.97. The van der Waals surface area contributed by atoms with Crippen molar-refractivity contribution in [3.05, 3.63) is 41.0 Å². The Morgan fingerprint density at radius 1 is 1.33 bits per heavy atom. The molecule has 0 fully saturated rings. The van der Waals surface area contributed by atoms with Gasteiger partial charge in [0.1, 0.15) is 11.6 Å². The van der Waals surface area contributed by atoms with Crippen LogP contribution in [0.4, 0.5) is 8.78 Å². The van der Waals surface area contributed by atoms with Crippen molar-refractivity contribution in [2.45, 2.75) is 0 Å². The lowest BCUT2D eigenvalue weighted by atomic mass is 10.1. The number of benzene rings is 1. The number of halogens is 3. The lowest BCUT2D eigenvalue weighted by Gasteiger charge is -1.98. The van der Waals surface area contributed by atoms with E-state index in [-0.39, 0.29) is 16.5 Å². The van der Waals surface area contributed by atoms with Gasteiger partial charge in [0.25, 0.3) is 0 Å². The normalized spacial score (nSPS) is 11.5. The van der Waals surface area contributed by atoms with Crippen LogP contribution in [0.15, 0.2) is 23.8 Å². The highest BCUT2D eigenvalue weighted by molar-refractivity contribution is 9.09. The van der Waals surface area contributed by atoms with Crippen molar-refractivity contribution >= 4 is 28.0 Å². The minimum Gasteiger partial charge on any atom is -0.478 e. The van der Waals surface area contributed by atoms with E-state index in [1.165, 1.54) is 6.08 Å². The minimum atomic E-state index is -1.13. The molecule has 0 radical (unpaired) electrons. The third-order valence-electron chi connectivity index (χ3n) is 1.64. The zero-order valence-corrected chi connectivity index (χ0v) is 9.09. The number of rotatable bonds is 3. The first-order chi connectivity index (χ1) is 7.02.